The van der Waals surface area contributed by atoms with Gasteiger partial charge in [0.15, 0.2) is 0 Å². The minimum atomic E-state index is -0.664. The van der Waals surface area contributed by atoms with E-state index in [4.69, 9.17) is 5.11 Å². The van der Waals surface area contributed by atoms with E-state index < -0.39 is 5.97 Å². The van der Waals surface area contributed by atoms with Crippen molar-refractivity contribution in [1.82, 2.24) is 0 Å². The lowest BCUT2D eigenvalue weighted by atomic mass is 9.83. The van der Waals surface area contributed by atoms with E-state index in [-0.39, 0.29) is 5.92 Å². The Balaban J connectivity index is 3.56. The van der Waals surface area contributed by atoms with Crippen LogP contribution in [-0.4, -0.2) is 11.1 Å². The van der Waals surface area contributed by atoms with Gasteiger partial charge in [0.25, 0.3) is 0 Å². The van der Waals surface area contributed by atoms with Crippen molar-refractivity contribution in [2.75, 3.05) is 0 Å². The number of hydrogen-bond donors (Lipinski definition) is 1. The minimum Gasteiger partial charge on any atom is -0.481 e. The van der Waals surface area contributed by atoms with Gasteiger partial charge in [-0.05, 0) is 24.2 Å². The molecule has 0 aromatic heterocycles. The molecular weight excluding hydrogens is 200 g/mol. The van der Waals surface area contributed by atoms with Crippen molar-refractivity contribution in [3.63, 3.8) is 0 Å². The van der Waals surface area contributed by atoms with E-state index in [0.29, 0.717) is 5.41 Å². The number of carboxylic acid groups (broad SMARTS) is 1. The Bertz CT molecular complexity index is 203. The molecule has 0 spiro atoms. The summed E-state index contributed by atoms with van der Waals surface area (Å²) in [5, 5.41) is 8.74. The second-order valence-corrected chi connectivity index (χ2v) is 6.39. The second-order valence-electron chi connectivity index (χ2n) is 6.39. The molecule has 0 fully saturated rings. The Morgan fingerprint density at radius 2 is 1.62 bits per heavy atom. The van der Waals surface area contributed by atoms with Crippen molar-refractivity contribution in [2.45, 2.75) is 66.7 Å². The van der Waals surface area contributed by atoms with Crippen LogP contribution in [0, 0.1) is 17.3 Å². The van der Waals surface area contributed by atoms with Gasteiger partial charge in [0.2, 0.25) is 0 Å². The van der Waals surface area contributed by atoms with Crippen LogP contribution in [0.2, 0.25) is 0 Å². The standard InChI is InChI=1S/C14H28O2/c1-11(10-14(3,4)5)8-6-7-9-12(2)13(15)16/h11-12H,6-10H2,1-5H3,(H,15,16). The number of carbonyl (C=O) groups is 1. The summed E-state index contributed by atoms with van der Waals surface area (Å²) in [6, 6.07) is 0. The van der Waals surface area contributed by atoms with Crippen LogP contribution in [0.15, 0.2) is 0 Å². The van der Waals surface area contributed by atoms with Crippen LogP contribution in [0.3, 0.4) is 0 Å². The molecule has 0 aromatic carbocycles. The lowest BCUT2D eigenvalue weighted by Gasteiger charge is -2.23. The van der Waals surface area contributed by atoms with E-state index in [0.717, 1.165) is 25.2 Å². The summed E-state index contributed by atoms with van der Waals surface area (Å²) in [6.45, 7) is 10.9. The first-order valence-electron chi connectivity index (χ1n) is 6.45. The first kappa shape index (κ1) is 15.5. The molecule has 2 unspecified atom stereocenters. The summed E-state index contributed by atoms with van der Waals surface area (Å²) in [7, 11) is 0. The zero-order chi connectivity index (χ0) is 12.8. The molecule has 16 heavy (non-hydrogen) atoms. The second kappa shape index (κ2) is 6.93. The number of carboxylic acids is 1. The third-order valence-corrected chi connectivity index (χ3v) is 2.97. The monoisotopic (exact) mass is 228 g/mol. The first-order valence-corrected chi connectivity index (χ1v) is 6.45. The number of unbranched alkanes of at least 4 members (excludes halogenated alkanes) is 1. The van der Waals surface area contributed by atoms with Crippen LogP contribution in [0.4, 0.5) is 0 Å². The molecule has 0 saturated carbocycles. The van der Waals surface area contributed by atoms with Gasteiger partial charge in [-0.3, -0.25) is 4.79 Å². The van der Waals surface area contributed by atoms with Crippen molar-refractivity contribution >= 4 is 5.97 Å². The first-order chi connectivity index (χ1) is 7.22. The molecule has 0 aliphatic rings. The highest BCUT2D eigenvalue weighted by Gasteiger charge is 2.15. The molecule has 0 aromatic rings. The summed E-state index contributed by atoms with van der Waals surface area (Å²) >= 11 is 0. The van der Waals surface area contributed by atoms with Crippen LogP contribution in [-0.2, 0) is 4.79 Å². The predicted molar refractivity (Wildman–Crippen MR) is 68.5 cm³/mol. The maximum absolute atomic E-state index is 10.6. The van der Waals surface area contributed by atoms with Crippen LogP contribution < -0.4 is 0 Å². The van der Waals surface area contributed by atoms with Gasteiger partial charge < -0.3 is 5.11 Å². The van der Waals surface area contributed by atoms with Gasteiger partial charge >= 0.3 is 5.97 Å². The fourth-order valence-corrected chi connectivity index (χ4v) is 2.21. The molecule has 1 N–H and O–H groups in total. The molecule has 0 aliphatic heterocycles. The van der Waals surface area contributed by atoms with Gasteiger partial charge in [-0.2, -0.15) is 0 Å². The molecule has 0 amide bonds. The van der Waals surface area contributed by atoms with Crippen LogP contribution in [0.1, 0.15) is 66.7 Å². The highest BCUT2D eigenvalue weighted by molar-refractivity contribution is 5.69. The zero-order valence-corrected chi connectivity index (χ0v) is 11.5. The van der Waals surface area contributed by atoms with Gasteiger partial charge in [-0.25, -0.2) is 0 Å². The van der Waals surface area contributed by atoms with E-state index in [1.807, 2.05) is 0 Å². The van der Waals surface area contributed by atoms with Gasteiger partial charge in [-0.15, -0.1) is 0 Å². The molecule has 2 heteroatoms. The van der Waals surface area contributed by atoms with Crippen molar-refractivity contribution in [2.24, 2.45) is 17.3 Å². The normalized spacial score (nSPS) is 15.8. The SMILES string of the molecule is CC(CCCCC(C)C(=O)O)CC(C)(C)C. The van der Waals surface area contributed by atoms with Gasteiger partial charge in [0, 0.05) is 0 Å². The van der Waals surface area contributed by atoms with Crippen molar-refractivity contribution in [3.05, 3.63) is 0 Å². The third kappa shape index (κ3) is 8.75. The fourth-order valence-electron chi connectivity index (χ4n) is 2.21. The fraction of sp³-hybridized carbons (Fsp3) is 0.929. The summed E-state index contributed by atoms with van der Waals surface area (Å²) in [5.41, 5.74) is 0.410. The topological polar surface area (TPSA) is 37.3 Å². The Labute approximate surface area is 100 Å². The van der Waals surface area contributed by atoms with Crippen LogP contribution >= 0.6 is 0 Å². The quantitative estimate of drug-likeness (QED) is 0.658. The summed E-state index contributed by atoms with van der Waals surface area (Å²) in [5.74, 6) is -0.0965. The lowest BCUT2D eigenvalue weighted by molar-refractivity contribution is -0.141. The third-order valence-electron chi connectivity index (χ3n) is 2.97. The summed E-state index contributed by atoms with van der Waals surface area (Å²) in [6.07, 6.45) is 5.50. The molecule has 2 nitrogen and oxygen atoms in total. The minimum absolute atomic E-state index is 0.182. The largest absolute Gasteiger partial charge is 0.481 e. The molecule has 2 atom stereocenters. The molecular formula is C14H28O2. The molecule has 0 saturated heterocycles. The average Bonchev–Trinajstić information content (AvgIpc) is 2.08. The van der Waals surface area contributed by atoms with E-state index >= 15 is 0 Å². The van der Waals surface area contributed by atoms with Crippen molar-refractivity contribution in [3.8, 4) is 0 Å². The molecule has 96 valence electrons. The number of hydrogen-bond acceptors (Lipinski definition) is 1. The average molecular weight is 228 g/mol. The van der Waals surface area contributed by atoms with E-state index in [1.165, 1.54) is 12.8 Å². The molecule has 0 heterocycles. The molecule has 0 radical (unpaired) electrons. The highest BCUT2D eigenvalue weighted by Crippen LogP contribution is 2.27. The van der Waals surface area contributed by atoms with Crippen molar-refractivity contribution in [1.29, 1.82) is 0 Å². The van der Waals surface area contributed by atoms with Crippen molar-refractivity contribution < 1.29 is 9.90 Å². The van der Waals surface area contributed by atoms with Crippen LogP contribution in [0.5, 0.6) is 0 Å². The Kier molecular flexibility index (Phi) is 6.70. The lowest BCUT2D eigenvalue weighted by Crippen LogP contribution is -2.11. The smallest absolute Gasteiger partial charge is 0.306 e. The Morgan fingerprint density at radius 1 is 1.12 bits per heavy atom. The maximum Gasteiger partial charge on any atom is 0.306 e. The molecule has 0 rings (SSSR count). The van der Waals surface area contributed by atoms with E-state index in [2.05, 4.69) is 27.7 Å². The van der Waals surface area contributed by atoms with Crippen LogP contribution in [0.25, 0.3) is 0 Å². The maximum atomic E-state index is 10.6. The Hall–Kier alpha value is -0.530. The van der Waals surface area contributed by atoms with Gasteiger partial charge in [-0.1, -0.05) is 53.9 Å². The molecule has 0 bridgehead atoms. The van der Waals surface area contributed by atoms with Gasteiger partial charge in [0.05, 0.1) is 5.92 Å². The Morgan fingerprint density at radius 3 is 2.06 bits per heavy atom. The number of aliphatic carboxylic acids is 1. The van der Waals surface area contributed by atoms with Gasteiger partial charge in [0.1, 0.15) is 0 Å². The highest BCUT2D eigenvalue weighted by atomic mass is 16.4. The molecule has 0 aliphatic carbocycles. The van der Waals surface area contributed by atoms with E-state index in [9.17, 15) is 4.79 Å². The predicted octanol–water partition coefficient (Wildman–Crippen LogP) is 4.34. The van der Waals surface area contributed by atoms with E-state index in [1.54, 1.807) is 6.92 Å². The zero-order valence-electron chi connectivity index (χ0n) is 11.5. The summed E-state index contributed by atoms with van der Waals surface area (Å²) < 4.78 is 0. The number of rotatable bonds is 7. The summed E-state index contributed by atoms with van der Waals surface area (Å²) in [4.78, 5) is 10.6.